The molecule has 0 radical (unpaired) electrons. The van der Waals surface area contributed by atoms with Gasteiger partial charge in [0.05, 0.1) is 5.71 Å². The Balaban J connectivity index is 2.85. The molecule has 0 aliphatic heterocycles. The third kappa shape index (κ3) is 3.39. The molecule has 1 rings (SSSR count). The molecule has 0 aliphatic rings. The summed E-state index contributed by atoms with van der Waals surface area (Å²) in [6, 6.07) is 6.37. The van der Waals surface area contributed by atoms with Crippen LogP contribution in [-0.2, 0) is 4.84 Å². The van der Waals surface area contributed by atoms with Crippen LogP contribution >= 0.6 is 0 Å². The highest BCUT2D eigenvalue weighted by atomic mass is 16.6. The Kier molecular flexibility index (Phi) is 4.35. The molecule has 0 unspecified atom stereocenters. The van der Waals surface area contributed by atoms with Gasteiger partial charge in [-0.1, -0.05) is 29.8 Å². The fraction of sp³-hybridized carbons (Fsp3) is 0.462. The van der Waals surface area contributed by atoms with Crippen molar-refractivity contribution in [3.63, 3.8) is 0 Å². The van der Waals surface area contributed by atoms with Gasteiger partial charge in [-0.3, -0.25) is 0 Å². The predicted octanol–water partition coefficient (Wildman–Crippen LogP) is 3.45. The normalized spacial score (nSPS) is 11.6. The maximum absolute atomic E-state index is 5.18. The summed E-state index contributed by atoms with van der Waals surface area (Å²) >= 11 is 0. The molecule has 2 nitrogen and oxygen atoms in total. The molecule has 0 saturated carbocycles. The van der Waals surface area contributed by atoms with Crippen LogP contribution in [0.1, 0.15) is 37.0 Å². The zero-order valence-corrected chi connectivity index (χ0v) is 10.0. The maximum Gasteiger partial charge on any atom is 0.116 e. The third-order valence-electron chi connectivity index (χ3n) is 2.28. The molecule has 15 heavy (non-hydrogen) atoms. The quantitative estimate of drug-likeness (QED) is 0.419. The van der Waals surface area contributed by atoms with Crippen molar-refractivity contribution in [2.75, 3.05) is 6.61 Å². The number of rotatable bonds is 4. The fourth-order valence-corrected chi connectivity index (χ4v) is 1.41. The molecule has 0 bridgehead atoms. The lowest BCUT2D eigenvalue weighted by molar-refractivity contribution is 0.145. The van der Waals surface area contributed by atoms with Crippen LogP contribution in [-0.4, -0.2) is 12.3 Å². The van der Waals surface area contributed by atoms with Gasteiger partial charge >= 0.3 is 0 Å². The number of benzene rings is 1. The van der Waals surface area contributed by atoms with Crippen LogP contribution in [0.3, 0.4) is 0 Å². The van der Waals surface area contributed by atoms with Gasteiger partial charge in [-0.2, -0.15) is 0 Å². The van der Waals surface area contributed by atoms with Gasteiger partial charge in [0.2, 0.25) is 0 Å². The molecule has 0 aromatic heterocycles. The molecule has 0 fully saturated rings. The average molecular weight is 205 g/mol. The first-order valence-electron chi connectivity index (χ1n) is 5.39. The standard InChI is InChI=1S/C13H19NO/c1-5-8-15-14-12(4)13-9-10(2)6-7-11(13)3/h6-7,9H,5,8H2,1-4H3. The minimum atomic E-state index is 0.683. The number of oxime groups is 1. The Morgan fingerprint density at radius 1 is 1.33 bits per heavy atom. The van der Waals surface area contributed by atoms with Crippen molar-refractivity contribution >= 4 is 5.71 Å². The van der Waals surface area contributed by atoms with E-state index in [0.29, 0.717) is 6.61 Å². The van der Waals surface area contributed by atoms with E-state index >= 15 is 0 Å². The maximum atomic E-state index is 5.18. The molecule has 0 aliphatic carbocycles. The molecule has 0 spiro atoms. The van der Waals surface area contributed by atoms with Gasteiger partial charge in [0.1, 0.15) is 6.61 Å². The average Bonchev–Trinajstić information content (AvgIpc) is 2.22. The van der Waals surface area contributed by atoms with Crippen molar-refractivity contribution in [1.29, 1.82) is 0 Å². The second-order valence-corrected chi connectivity index (χ2v) is 3.83. The van der Waals surface area contributed by atoms with Crippen LogP contribution in [0, 0.1) is 13.8 Å². The van der Waals surface area contributed by atoms with E-state index in [1.807, 2.05) is 6.92 Å². The predicted molar refractivity (Wildman–Crippen MR) is 64.4 cm³/mol. The lowest BCUT2D eigenvalue weighted by Crippen LogP contribution is -2.00. The van der Waals surface area contributed by atoms with E-state index in [1.54, 1.807) is 0 Å². The largest absolute Gasteiger partial charge is 0.396 e. The molecule has 0 heterocycles. The third-order valence-corrected chi connectivity index (χ3v) is 2.28. The van der Waals surface area contributed by atoms with Crippen molar-refractivity contribution < 1.29 is 4.84 Å². The van der Waals surface area contributed by atoms with E-state index in [4.69, 9.17) is 4.84 Å². The zero-order chi connectivity index (χ0) is 11.3. The van der Waals surface area contributed by atoms with Gasteiger partial charge < -0.3 is 4.84 Å². The molecule has 0 N–H and O–H groups in total. The van der Waals surface area contributed by atoms with Gasteiger partial charge in [-0.05, 0) is 38.8 Å². The first-order chi connectivity index (χ1) is 7.15. The van der Waals surface area contributed by atoms with Gasteiger partial charge in [-0.15, -0.1) is 0 Å². The van der Waals surface area contributed by atoms with Crippen molar-refractivity contribution in [3.8, 4) is 0 Å². The molecule has 1 aromatic carbocycles. The van der Waals surface area contributed by atoms with Gasteiger partial charge in [0, 0.05) is 5.56 Å². The lowest BCUT2D eigenvalue weighted by Gasteiger charge is -2.06. The highest BCUT2D eigenvalue weighted by Crippen LogP contribution is 2.11. The van der Waals surface area contributed by atoms with E-state index in [2.05, 4.69) is 44.1 Å². The lowest BCUT2D eigenvalue weighted by atomic mass is 10.0. The first-order valence-corrected chi connectivity index (χ1v) is 5.39. The van der Waals surface area contributed by atoms with E-state index in [0.717, 1.165) is 12.1 Å². The molecule has 0 amide bonds. The molecule has 2 heteroatoms. The minimum absolute atomic E-state index is 0.683. The van der Waals surface area contributed by atoms with Gasteiger partial charge in [-0.25, -0.2) is 0 Å². The van der Waals surface area contributed by atoms with Crippen LogP contribution in [0.4, 0.5) is 0 Å². The smallest absolute Gasteiger partial charge is 0.116 e. The van der Waals surface area contributed by atoms with Gasteiger partial charge in [0.25, 0.3) is 0 Å². The summed E-state index contributed by atoms with van der Waals surface area (Å²) in [5, 5.41) is 4.10. The highest BCUT2D eigenvalue weighted by molar-refractivity contribution is 5.99. The summed E-state index contributed by atoms with van der Waals surface area (Å²) in [6.45, 7) is 8.92. The van der Waals surface area contributed by atoms with E-state index in [-0.39, 0.29) is 0 Å². The monoisotopic (exact) mass is 205 g/mol. The minimum Gasteiger partial charge on any atom is -0.396 e. The molecular weight excluding hydrogens is 186 g/mol. The Morgan fingerprint density at radius 3 is 2.73 bits per heavy atom. The molecule has 1 aromatic rings. The fourth-order valence-electron chi connectivity index (χ4n) is 1.41. The van der Waals surface area contributed by atoms with Crippen LogP contribution in [0.2, 0.25) is 0 Å². The van der Waals surface area contributed by atoms with Crippen molar-refractivity contribution in [2.24, 2.45) is 5.16 Å². The van der Waals surface area contributed by atoms with Crippen molar-refractivity contribution in [3.05, 3.63) is 34.9 Å². The molecule has 0 atom stereocenters. The second-order valence-electron chi connectivity index (χ2n) is 3.83. The summed E-state index contributed by atoms with van der Waals surface area (Å²) in [4.78, 5) is 5.18. The summed E-state index contributed by atoms with van der Waals surface area (Å²) < 4.78 is 0. The summed E-state index contributed by atoms with van der Waals surface area (Å²) in [7, 11) is 0. The Bertz CT molecular complexity index is 356. The molecule has 82 valence electrons. The highest BCUT2D eigenvalue weighted by Gasteiger charge is 2.02. The SMILES string of the molecule is CCCON=C(C)c1cc(C)ccc1C. The number of hydrogen-bond acceptors (Lipinski definition) is 2. The van der Waals surface area contributed by atoms with E-state index < -0.39 is 0 Å². The number of nitrogens with zero attached hydrogens (tertiary/aromatic N) is 1. The molecule has 0 saturated heterocycles. The Hall–Kier alpha value is -1.31. The topological polar surface area (TPSA) is 21.6 Å². The van der Waals surface area contributed by atoms with Crippen LogP contribution < -0.4 is 0 Å². The van der Waals surface area contributed by atoms with E-state index in [9.17, 15) is 0 Å². The number of hydrogen-bond donors (Lipinski definition) is 0. The summed E-state index contributed by atoms with van der Waals surface area (Å²) in [5.41, 5.74) is 4.61. The van der Waals surface area contributed by atoms with Crippen molar-refractivity contribution in [1.82, 2.24) is 0 Å². The van der Waals surface area contributed by atoms with E-state index in [1.165, 1.54) is 16.7 Å². The van der Waals surface area contributed by atoms with Crippen LogP contribution in [0.5, 0.6) is 0 Å². The first kappa shape index (κ1) is 11.8. The van der Waals surface area contributed by atoms with Crippen LogP contribution in [0.15, 0.2) is 23.4 Å². The van der Waals surface area contributed by atoms with Crippen LogP contribution in [0.25, 0.3) is 0 Å². The van der Waals surface area contributed by atoms with Gasteiger partial charge in [0.15, 0.2) is 0 Å². The Morgan fingerprint density at radius 2 is 2.07 bits per heavy atom. The summed E-state index contributed by atoms with van der Waals surface area (Å²) in [5.74, 6) is 0. The Labute approximate surface area is 91.9 Å². The second kappa shape index (κ2) is 5.54. The number of aryl methyl sites for hydroxylation is 2. The zero-order valence-electron chi connectivity index (χ0n) is 10.0. The van der Waals surface area contributed by atoms with Crippen molar-refractivity contribution in [2.45, 2.75) is 34.1 Å². The summed E-state index contributed by atoms with van der Waals surface area (Å²) in [6.07, 6.45) is 0.990. The molecular formula is C13H19NO.